The molecule has 2 aromatic carbocycles. The minimum Gasteiger partial charge on any atom is -0.374 e. The molecule has 2 aliphatic rings. The Kier molecular flexibility index (Phi) is 8.38. The first-order chi connectivity index (χ1) is 16.9. The molecule has 0 aromatic heterocycles. The lowest BCUT2D eigenvalue weighted by Gasteiger charge is -2.34. The Balaban J connectivity index is 1.74. The summed E-state index contributed by atoms with van der Waals surface area (Å²) < 4.78 is 34.7. The van der Waals surface area contributed by atoms with Crippen LogP contribution in [0.3, 0.4) is 0 Å². The molecule has 3 heteroatoms. The average molecular weight is 477 g/mol. The molecule has 0 amide bonds. The van der Waals surface area contributed by atoms with Crippen LogP contribution >= 0.6 is 0 Å². The van der Waals surface area contributed by atoms with E-state index in [1.54, 1.807) is 12.1 Å². The molecule has 2 unspecified atom stereocenters. The van der Waals surface area contributed by atoms with Crippen LogP contribution in [-0.4, -0.2) is 6.10 Å². The molecule has 2 fully saturated rings. The van der Waals surface area contributed by atoms with Gasteiger partial charge in [-0.05, 0) is 83.9 Å². The second-order valence-corrected chi connectivity index (χ2v) is 10.3. The molecular formula is C32H38F2O. The van der Waals surface area contributed by atoms with Gasteiger partial charge in [0.15, 0.2) is 0 Å². The zero-order chi connectivity index (χ0) is 24.9. The van der Waals surface area contributed by atoms with Crippen LogP contribution in [0.25, 0.3) is 22.8 Å². The third-order valence-corrected chi connectivity index (χ3v) is 7.97. The average Bonchev–Trinajstić information content (AvgIpc) is 3.40. The predicted molar refractivity (Wildman–Crippen MR) is 143 cm³/mol. The van der Waals surface area contributed by atoms with Crippen molar-refractivity contribution in [2.75, 3.05) is 0 Å². The van der Waals surface area contributed by atoms with Crippen LogP contribution < -0.4 is 0 Å². The van der Waals surface area contributed by atoms with E-state index in [2.05, 4.69) is 38.8 Å². The highest BCUT2D eigenvalue weighted by atomic mass is 19.3. The Morgan fingerprint density at radius 1 is 0.971 bits per heavy atom. The third kappa shape index (κ3) is 5.67. The molecule has 2 aromatic rings. The van der Waals surface area contributed by atoms with E-state index in [0.717, 1.165) is 47.9 Å². The Morgan fingerprint density at radius 3 is 2.31 bits per heavy atom. The summed E-state index contributed by atoms with van der Waals surface area (Å²) in [6.07, 6.45) is 8.39. The lowest BCUT2D eigenvalue weighted by molar-refractivity contribution is 0.0459. The van der Waals surface area contributed by atoms with Crippen molar-refractivity contribution < 1.29 is 13.5 Å². The topological polar surface area (TPSA) is 9.23 Å². The molecular weight excluding hydrogens is 438 g/mol. The molecule has 1 nitrogen and oxygen atoms in total. The van der Waals surface area contributed by atoms with Crippen LogP contribution in [0, 0.1) is 11.8 Å². The van der Waals surface area contributed by atoms with Gasteiger partial charge in [-0.1, -0.05) is 87.4 Å². The minimum absolute atomic E-state index is 0.0332. The summed E-state index contributed by atoms with van der Waals surface area (Å²) in [5, 5.41) is 0. The van der Waals surface area contributed by atoms with E-state index in [1.165, 1.54) is 37.3 Å². The van der Waals surface area contributed by atoms with Gasteiger partial charge in [0.2, 0.25) is 0 Å². The highest BCUT2D eigenvalue weighted by Gasteiger charge is 2.29. The normalized spacial score (nSPS) is 20.8. The van der Waals surface area contributed by atoms with Gasteiger partial charge in [0.05, 0.1) is 12.7 Å². The smallest absolute Gasteiger partial charge is 0.265 e. The van der Waals surface area contributed by atoms with Gasteiger partial charge in [0.1, 0.15) is 0 Å². The van der Waals surface area contributed by atoms with Crippen LogP contribution in [0.4, 0.5) is 8.78 Å². The first-order valence-electron chi connectivity index (χ1n) is 13.0. The maximum absolute atomic E-state index is 14.2. The Morgan fingerprint density at radius 2 is 1.66 bits per heavy atom. The summed E-state index contributed by atoms with van der Waals surface area (Å²) in [5.41, 5.74) is 6.23. The number of hydrogen-bond acceptors (Lipinski definition) is 1. The summed E-state index contributed by atoms with van der Waals surface area (Å²) in [7, 11) is 0. The third-order valence-electron chi connectivity index (χ3n) is 7.97. The van der Waals surface area contributed by atoms with Gasteiger partial charge in [-0.15, -0.1) is 0 Å². The molecule has 0 N–H and O–H groups in total. The monoisotopic (exact) mass is 476 g/mol. The number of halogens is 2. The molecule has 186 valence electrons. The fraction of sp³-hybridized carbons (Fsp3) is 0.438. The maximum Gasteiger partial charge on any atom is 0.265 e. The number of alkyl halides is 2. The molecule has 0 radical (unpaired) electrons. The zero-order valence-electron chi connectivity index (χ0n) is 21.0. The van der Waals surface area contributed by atoms with Crippen LogP contribution in [0.1, 0.15) is 87.0 Å². The SMILES string of the molecule is C=Cc1cccc(-c2ccc(C(=C)C3CCCCC3C(=C)C)cc2COC2CCCC2)c1C(F)F. The first-order valence-corrected chi connectivity index (χ1v) is 13.0. The van der Waals surface area contributed by atoms with E-state index in [4.69, 9.17) is 4.74 Å². The van der Waals surface area contributed by atoms with E-state index in [0.29, 0.717) is 29.6 Å². The summed E-state index contributed by atoms with van der Waals surface area (Å²) in [6.45, 7) is 15.1. The minimum atomic E-state index is -2.59. The van der Waals surface area contributed by atoms with E-state index in [-0.39, 0.29) is 11.7 Å². The molecule has 2 saturated carbocycles. The second-order valence-electron chi connectivity index (χ2n) is 10.3. The van der Waals surface area contributed by atoms with Crippen molar-refractivity contribution in [2.45, 2.75) is 77.4 Å². The lowest BCUT2D eigenvalue weighted by atomic mass is 9.71. The molecule has 0 saturated heterocycles. The van der Waals surface area contributed by atoms with E-state index in [9.17, 15) is 8.78 Å². The van der Waals surface area contributed by atoms with Crippen molar-refractivity contribution in [3.63, 3.8) is 0 Å². The van der Waals surface area contributed by atoms with Crippen LogP contribution in [0.15, 0.2) is 61.7 Å². The summed E-state index contributed by atoms with van der Waals surface area (Å²) >= 11 is 0. The molecule has 0 heterocycles. The Hall–Kier alpha value is -2.52. The molecule has 2 aliphatic carbocycles. The van der Waals surface area contributed by atoms with Crippen molar-refractivity contribution in [1.82, 2.24) is 0 Å². The standard InChI is InChI=1S/C32H38F2O/c1-5-23-11-10-16-30(31(23)32(33)34)29-18-17-24(19-25(29)20-35-26-12-6-7-13-26)22(4)28-15-9-8-14-27(28)21(2)3/h5,10-11,16-19,26-28,32H,1-2,4,6-9,12-15,20H2,3H3. The summed E-state index contributed by atoms with van der Waals surface area (Å²) in [5.74, 6) is 0.820. The van der Waals surface area contributed by atoms with Crippen molar-refractivity contribution in [1.29, 1.82) is 0 Å². The van der Waals surface area contributed by atoms with Crippen LogP contribution in [0.5, 0.6) is 0 Å². The molecule has 0 spiro atoms. The summed E-state index contributed by atoms with van der Waals surface area (Å²) in [6, 6.07) is 11.5. The molecule has 35 heavy (non-hydrogen) atoms. The van der Waals surface area contributed by atoms with Gasteiger partial charge in [-0.25, -0.2) is 8.78 Å². The van der Waals surface area contributed by atoms with Crippen molar-refractivity contribution in [3.05, 3.63) is 84.0 Å². The van der Waals surface area contributed by atoms with Gasteiger partial charge >= 0.3 is 0 Å². The highest BCUT2D eigenvalue weighted by molar-refractivity contribution is 5.78. The van der Waals surface area contributed by atoms with Gasteiger partial charge in [0.25, 0.3) is 6.43 Å². The summed E-state index contributed by atoms with van der Waals surface area (Å²) in [4.78, 5) is 0. The van der Waals surface area contributed by atoms with Gasteiger partial charge in [-0.2, -0.15) is 0 Å². The number of hydrogen-bond donors (Lipinski definition) is 0. The second kappa shape index (κ2) is 11.5. The Bertz CT molecular complexity index is 1080. The molecule has 4 rings (SSSR count). The van der Waals surface area contributed by atoms with Gasteiger partial charge in [-0.3, -0.25) is 0 Å². The molecule has 0 bridgehead atoms. The van der Waals surface area contributed by atoms with Crippen molar-refractivity contribution in [2.24, 2.45) is 11.8 Å². The number of ether oxygens (including phenoxy) is 1. The maximum atomic E-state index is 14.2. The van der Waals surface area contributed by atoms with Crippen molar-refractivity contribution in [3.8, 4) is 11.1 Å². The fourth-order valence-electron chi connectivity index (χ4n) is 6.03. The first kappa shape index (κ1) is 25.6. The fourth-order valence-corrected chi connectivity index (χ4v) is 6.03. The van der Waals surface area contributed by atoms with Gasteiger partial charge < -0.3 is 4.74 Å². The van der Waals surface area contributed by atoms with E-state index >= 15 is 0 Å². The quantitative estimate of drug-likeness (QED) is 0.327. The van der Waals surface area contributed by atoms with Crippen molar-refractivity contribution >= 4 is 11.6 Å². The largest absolute Gasteiger partial charge is 0.374 e. The Labute approximate surface area is 209 Å². The van der Waals surface area contributed by atoms with E-state index in [1.807, 2.05) is 12.1 Å². The highest BCUT2D eigenvalue weighted by Crippen LogP contribution is 2.43. The number of benzene rings is 2. The van der Waals surface area contributed by atoms with E-state index < -0.39 is 6.43 Å². The zero-order valence-corrected chi connectivity index (χ0v) is 21.0. The molecule has 0 aliphatic heterocycles. The number of allylic oxidation sites excluding steroid dienone is 2. The van der Waals surface area contributed by atoms with Gasteiger partial charge in [0, 0.05) is 5.56 Å². The van der Waals surface area contributed by atoms with Crippen LogP contribution in [0.2, 0.25) is 0 Å². The lowest BCUT2D eigenvalue weighted by Crippen LogP contribution is -2.21. The predicted octanol–water partition coefficient (Wildman–Crippen LogP) is 9.79. The van der Waals surface area contributed by atoms with Crippen LogP contribution in [-0.2, 0) is 11.3 Å². The molecule has 2 atom stereocenters. The number of rotatable bonds is 9.